The maximum atomic E-state index is 13.9. The zero-order chi connectivity index (χ0) is 26.7. The van der Waals surface area contributed by atoms with E-state index >= 15 is 0 Å². The molecule has 0 bridgehead atoms. The zero-order valence-corrected chi connectivity index (χ0v) is 21.2. The number of likely N-dealkylation sites (N-methyl/N-ethyl adjacent to an activating group) is 1. The molecule has 0 aromatic heterocycles. The minimum atomic E-state index is -4.62. The number of primary amides is 1. The summed E-state index contributed by atoms with van der Waals surface area (Å²) in [7, 11) is 3.08. The first-order chi connectivity index (χ1) is 16.9. The second-order valence-electron chi connectivity index (χ2n) is 9.93. The molecular formula is C26H35F3N4O3. The van der Waals surface area contributed by atoms with E-state index in [0.717, 1.165) is 43.0 Å². The van der Waals surface area contributed by atoms with E-state index in [1.165, 1.54) is 36.8 Å². The highest BCUT2D eigenvalue weighted by atomic mass is 19.4. The Labute approximate surface area is 210 Å². The number of nitrogens with two attached hydrogens (primary N) is 1. The number of benzene rings is 1. The minimum Gasteiger partial charge on any atom is -0.369 e. The Morgan fingerprint density at radius 2 is 1.75 bits per heavy atom. The summed E-state index contributed by atoms with van der Waals surface area (Å²) in [5, 5.41) is 0. The summed E-state index contributed by atoms with van der Waals surface area (Å²) >= 11 is 0. The SMILES string of the molecule is CC1=C(C(=O)N(C)C)CC(CCCN2CCCCCC2)(C(N)=O)C(=O)N1c1cccc(C(F)(F)F)c1. The summed E-state index contributed by atoms with van der Waals surface area (Å²) in [6.45, 7) is 4.07. The van der Waals surface area contributed by atoms with Crippen molar-refractivity contribution >= 4 is 23.4 Å². The van der Waals surface area contributed by atoms with Gasteiger partial charge in [-0.1, -0.05) is 18.9 Å². The standard InChI is InChI=1S/C26H35F3N4O3/c1-18-21(22(34)31(2)3)17-25(23(30)35,12-9-15-32-13-6-4-5-7-14-32)24(36)33(18)20-11-8-10-19(16-20)26(27,28)29/h8,10-11,16H,4-7,9,12-15,17H2,1-3H3,(H2,30,35). The van der Waals surface area contributed by atoms with Crippen LogP contribution in [0.15, 0.2) is 35.5 Å². The first-order valence-electron chi connectivity index (χ1n) is 12.3. The molecule has 2 heterocycles. The Bertz CT molecular complexity index is 1030. The van der Waals surface area contributed by atoms with Gasteiger partial charge < -0.3 is 15.5 Å². The predicted molar refractivity (Wildman–Crippen MR) is 131 cm³/mol. The number of nitrogens with zero attached hydrogens (tertiary/aromatic N) is 3. The van der Waals surface area contributed by atoms with E-state index in [9.17, 15) is 27.6 Å². The van der Waals surface area contributed by atoms with Gasteiger partial charge in [-0.15, -0.1) is 0 Å². The lowest BCUT2D eigenvalue weighted by Gasteiger charge is -2.41. The third kappa shape index (κ3) is 5.74. The van der Waals surface area contributed by atoms with Gasteiger partial charge in [0.2, 0.25) is 11.8 Å². The highest BCUT2D eigenvalue weighted by molar-refractivity contribution is 6.16. The van der Waals surface area contributed by atoms with Gasteiger partial charge in [-0.2, -0.15) is 13.2 Å². The fourth-order valence-electron chi connectivity index (χ4n) is 5.11. The molecule has 2 aliphatic rings. The van der Waals surface area contributed by atoms with Gasteiger partial charge in [0.1, 0.15) is 5.41 Å². The van der Waals surface area contributed by atoms with E-state index in [1.54, 1.807) is 14.1 Å². The van der Waals surface area contributed by atoms with Gasteiger partial charge in [0.15, 0.2) is 0 Å². The fraction of sp³-hybridized carbons (Fsp3) is 0.577. The molecule has 1 fully saturated rings. The van der Waals surface area contributed by atoms with E-state index in [2.05, 4.69) is 4.90 Å². The smallest absolute Gasteiger partial charge is 0.369 e. The van der Waals surface area contributed by atoms with Gasteiger partial charge in [0, 0.05) is 37.5 Å². The van der Waals surface area contributed by atoms with Crippen LogP contribution in [0.4, 0.5) is 18.9 Å². The highest BCUT2D eigenvalue weighted by Crippen LogP contribution is 2.44. The van der Waals surface area contributed by atoms with E-state index in [4.69, 9.17) is 5.73 Å². The molecule has 2 aliphatic heterocycles. The van der Waals surface area contributed by atoms with Crippen LogP contribution < -0.4 is 10.6 Å². The summed E-state index contributed by atoms with van der Waals surface area (Å²) in [5.41, 5.74) is 3.49. The van der Waals surface area contributed by atoms with Crippen molar-refractivity contribution < 1.29 is 27.6 Å². The van der Waals surface area contributed by atoms with Crippen LogP contribution in [0.3, 0.4) is 0 Å². The largest absolute Gasteiger partial charge is 0.416 e. The number of hydrogen-bond acceptors (Lipinski definition) is 4. The van der Waals surface area contributed by atoms with Crippen molar-refractivity contribution in [3.8, 4) is 0 Å². The van der Waals surface area contributed by atoms with Crippen LogP contribution in [0.25, 0.3) is 0 Å². The number of likely N-dealkylation sites (tertiary alicyclic amines) is 1. The van der Waals surface area contributed by atoms with Crippen molar-refractivity contribution in [1.29, 1.82) is 0 Å². The van der Waals surface area contributed by atoms with Crippen LogP contribution in [0.5, 0.6) is 0 Å². The molecule has 3 amide bonds. The molecule has 1 unspecified atom stereocenters. The molecule has 1 atom stereocenters. The molecule has 1 aromatic carbocycles. The van der Waals surface area contributed by atoms with E-state index < -0.39 is 34.9 Å². The van der Waals surface area contributed by atoms with Crippen molar-refractivity contribution in [2.24, 2.45) is 11.1 Å². The van der Waals surface area contributed by atoms with Crippen LogP contribution in [0.1, 0.15) is 57.4 Å². The number of rotatable bonds is 7. The molecule has 3 rings (SSSR count). The third-order valence-corrected chi connectivity index (χ3v) is 7.21. The third-order valence-electron chi connectivity index (χ3n) is 7.21. The number of halogens is 3. The second kappa shape index (κ2) is 11.0. The summed E-state index contributed by atoms with van der Waals surface area (Å²) in [5.74, 6) is -2.00. The number of alkyl halides is 3. The summed E-state index contributed by atoms with van der Waals surface area (Å²) in [6.07, 6.45) is 0.318. The molecule has 0 radical (unpaired) electrons. The lowest BCUT2D eigenvalue weighted by atomic mass is 9.72. The number of allylic oxidation sites excluding steroid dienone is 1. The molecule has 7 nitrogen and oxygen atoms in total. The van der Waals surface area contributed by atoms with Crippen LogP contribution in [0.2, 0.25) is 0 Å². The van der Waals surface area contributed by atoms with Crippen molar-refractivity contribution in [2.75, 3.05) is 38.6 Å². The average molecular weight is 509 g/mol. The fourth-order valence-corrected chi connectivity index (χ4v) is 5.11. The van der Waals surface area contributed by atoms with Gasteiger partial charge in [-0.25, -0.2) is 0 Å². The molecule has 1 saturated heterocycles. The predicted octanol–water partition coefficient (Wildman–Crippen LogP) is 3.93. The Hall–Kier alpha value is -2.88. The molecule has 0 spiro atoms. The van der Waals surface area contributed by atoms with Gasteiger partial charge in [0.25, 0.3) is 5.91 Å². The van der Waals surface area contributed by atoms with Crippen LogP contribution in [-0.2, 0) is 20.6 Å². The monoisotopic (exact) mass is 508 g/mol. The van der Waals surface area contributed by atoms with Gasteiger partial charge in [0.05, 0.1) is 5.56 Å². The number of hydrogen-bond donors (Lipinski definition) is 1. The zero-order valence-electron chi connectivity index (χ0n) is 21.2. The highest BCUT2D eigenvalue weighted by Gasteiger charge is 2.52. The summed E-state index contributed by atoms with van der Waals surface area (Å²) in [6, 6.07) is 4.33. The molecule has 2 N–H and O–H groups in total. The Balaban J connectivity index is 2.02. The molecule has 198 valence electrons. The van der Waals surface area contributed by atoms with Crippen molar-refractivity contribution in [3.05, 3.63) is 41.1 Å². The Morgan fingerprint density at radius 1 is 1.11 bits per heavy atom. The van der Waals surface area contributed by atoms with Gasteiger partial charge in [-0.05, 0) is 70.4 Å². The number of carbonyl (C=O) groups excluding carboxylic acids is 3. The van der Waals surface area contributed by atoms with Crippen LogP contribution in [-0.4, -0.2) is 61.3 Å². The maximum Gasteiger partial charge on any atom is 0.416 e. The number of anilines is 1. The number of amides is 3. The minimum absolute atomic E-state index is 0.0609. The summed E-state index contributed by atoms with van der Waals surface area (Å²) in [4.78, 5) is 44.6. The van der Waals surface area contributed by atoms with E-state index in [1.807, 2.05) is 0 Å². The number of carbonyl (C=O) groups is 3. The first-order valence-corrected chi connectivity index (χ1v) is 12.3. The lowest BCUT2D eigenvalue weighted by molar-refractivity contribution is -0.142. The Kier molecular flexibility index (Phi) is 8.48. The normalized spacial score (nSPS) is 21.9. The Morgan fingerprint density at radius 3 is 2.31 bits per heavy atom. The molecule has 0 saturated carbocycles. The van der Waals surface area contributed by atoms with Crippen molar-refractivity contribution in [1.82, 2.24) is 9.80 Å². The quantitative estimate of drug-likeness (QED) is 0.566. The molecule has 1 aromatic rings. The van der Waals surface area contributed by atoms with E-state index in [-0.39, 0.29) is 29.8 Å². The van der Waals surface area contributed by atoms with Crippen LogP contribution >= 0.6 is 0 Å². The molecule has 0 aliphatic carbocycles. The van der Waals surface area contributed by atoms with E-state index in [0.29, 0.717) is 13.0 Å². The topological polar surface area (TPSA) is 87.0 Å². The molecule has 36 heavy (non-hydrogen) atoms. The molecular weight excluding hydrogens is 473 g/mol. The lowest BCUT2D eigenvalue weighted by Crippen LogP contribution is -2.55. The average Bonchev–Trinajstić information content (AvgIpc) is 3.08. The van der Waals surface area contributed by atoms with Gasteiger partial charge in [-0.3, -0.25) is 19.3 Å². The molecule has 10 heteroatoms. The van der Waals surface area contributed by atoms with Crippen LogP contribution in [0, 0.1) is 5.41 Å². The van der Waals surface area contributed by atoms with Crippen molar-refractivity contribution in [2.45, 2.75) is 58.0 Å². The second-order valence-corrected chi connectivity index (χ2v) is 9.93. The summed E-state index contributed by atoms with van der Waals surface area (Å²) < 4.78 is 40.3. The maximum absolute atomic E-state index is 13.9. The first kappa shape index (κ1) is 27.7. The van der Waals surface area contributed by atoms with Crippen molar-refractivity contribution in [3.63, 3.8) is 0 Å². The van der Waals surface area contributed by atoms with Gasteiger partial charge >= 0.3 is 6.18 Å².